The van der Waals surface area contributed by atoms with Crippen LogP contribution in [-0.2, 0) is 7.05 Å². The molecule has 6 nitrogen and oxygen atoms in total. The van der Waals surface area contributed by atoms with Gasteiger partial charge >= 0.3 is 6.36 Å². The highest BCUT2D eigenvalue weighted by molar-refractivity contribution is 7.17. The largest absolute Gasteiger partial charge is 0.573 e. The first-order valence-corrected chi connectivity index (χ1v) is 8.83. The lowest BCUT2D eigenvalue weighted by molar-refractivity contribution is -0.274. The Morgan fingerprint density at radius 3 is 2.43 bits per heavy atom. The minimum absolute atomic E-state index is 0.225. The van der Waals surface area contributed by atoms with Crippen LogP contribution in [0.25, 0.3) is 10.2 Å². The minimum Gasteiger partial charge on any atom is -0.506 e. The number of alkyl halides is 3. The summed E-state index contributed by atoms with van der Waals surface area (Å²) in [4.78, 5) is 27.1. The second kappa shape index (κ2) is 6.86. The molecule has 1 amide bonds. The van der Waals surface area contributed by atoms with E-state index >= 15 is 0 Å². The van der Waals surface area contributed by atoms with Crippen LogP contribution in [0.15, 0.2) is 34.4 Å². The predicted molar refractivity (Wildman–Crippen MR) is 99.3 cm³/mol. The molecule has 0 aliphatic heterocycles. The van der Waals surface area contributed by atoms with Crippen LogP contribution in [0.1, 0.15) is 15.9 Å². The molecule has 0 aliphatic rings. The first-order chi connectivity index (χ1) is 13.0. The van der Waals surface area contributed by atoms with E-state index < -0.39 is 34.9 Å². The van der Waals surface area contributed by atoms with Crippen LogP contribution in [0.5, 0.6) is 11.5 Å². The number of aromatic nitrogens is 1. The Morgan fingerprint density at radius 2 is 1.86 bits per heavy atom. The molecule has 1 aromatic carbocycles. The number of hydrogen-bond acceptors (Lipinski definition) is 5. The normalized spacial score (nSPS) is 11.6. The van der Waals surface area contributed by atoms with Crippen molar-refractivity contribution in [2.24, 2.45) is 7.05 Å². The van der Waals surface area contributed by atoms with Crippen LogP contribution in [0.2, 0.25) is 0 Å². The van der Waals surface area contributed by atoms with Gasteiger partial charge in [-0.1, -0.05) is 0 Å². The van der Waals surface area contributed by atoms with E-state index in [1.54, 1.807) is 12.3 Å². The maximum atomic E-state index is 12.9. The molecule has 2 heterocycles. The number of pyridine rings is 1. The van der Waals surface area contributed by atoms with Crippen LogP contribution in [-0.4, -0.2) is 29.0 Å². The second-order valence-electron chi connectivity index (χ2n) is 6.09. The third-order valence-electron chi connectivity index (χ3n) is 4.23. The molecule has 0 saturated heterocycles. The summed E-state index contributed by atoms with van der Waals surface area (Å²) < 4.78 is 41.9. The van der Waals surface area contributed by atoms with E-state index in [9.17, 15) is 27.9 Å². The summed E-state index contributed by atoms with van der Waals surface area (Å²) in [7, 11) is 2.85. The van der Waals surface area contributed by atoms with Gasteiger partial charge in [0.25, 0.3) is 11.5 Å². The smallest absolute Gasteiger partial charge is 0.506 e. The third-order valence-corrected chi connectivity index (χ3v) is 5.40. The maximum Gasteiger partial charge on any atom is 0.573 e. The van der Waals surface area contributed by atoms with E-state index in [4.69, 9.17) is 0 Å². The fourth-order valence-corrected chi connectivity index (χ4v) is 3.82. The molecule has 0 spiro atoms. The Bertz CT molecular complexity index is 1120. The quantitative estimate of drug-likeness (QED) is 0.711. The van der Waals surface area contributed by atoms with Crippen LogP contribution in [0.3, 0.4) is 0 Å². The third kappa shape index (κ3) is 3.42. The Kier molecular flexibility index (Phi) is 4.84. The highest BCUT2D eigenvalue weighted by Crippen LogP contribution is 2.34. The molecule has 10 heteroatoms. The Balaban J connectivity index is 2.00. The molecule has 0 saturated carbocycles. The number of carbonyl (C=O) groups excluding carboxylic acids is 1. The summed E-state index contributed by atoms with van der Waals surface area (Å²) in [6.45, 7) is 1.75. The molecule has 0 radical (unpaired) electrons. The lowest BCUT2D eigenvalue weighted by Crippen LogP contribution is -2.34. The minimum atomic E-state index is -4.82. The highest BCUT2D eigenvalue weighted by Gasteiger charge is 2.31. The summed E-state index contributed by atoms with van der Waals surface area (Å²) in [5.74, 6) is -1.63. The number of aromatic hydroxyl groups is 1. The SMILES string of the molecule is Cc1csc2c1c(O)c(C(=O)N(C)c1ccc(OC(F)(F)F)cc1)c(=O)n2C. The fourth-order valence-electron chi connectivity index (χ4n) is 2.80. The van der Waals surface area contributed by atoms with Gasteiger partial charge in [-0.15, -0.1) is 24.5 Å². The molecule has 0 atom stereocenters. The second-order valence-corrected chi connectivity index (χ2v) is 6.95. The number of nitrogens with zero attached hydrogens (tertiary/aromatic N) is 2. The zero-order chi connectivity index (χ0) is 20.8. The van der Waals surface area contributed by atoms with Gasteiger partial charge in [-0.25, -0.2) is 0 Å². The molecule has 0 aliphatic carbocycles. The maximum absolute atomic E-state index is 12.9. The van der Waals surface area contributed by atoms with Crippen molar-refractivity contribution < 1.29 is 27.8 Å². The van der Waals surface area contributed by atoms with Gasteiger partial charge in [0.15, 0.2) is 0 Å². The average Bonchev–Trinajstić information content (AvgIpc) is 3.00. The van der Waals surface area contributed by atoms with E-state index in [1.165, 1.54) is 42.1 Å². The number of aryl methyl sites for hydroxylation is 2. The Hall–Kier alpha value is -3.01. The van der Waals surface area contributed by atoms with Gasteiger partial charge in [-0.3, -0.25) is 9.59 Å². The lowest BCUT2D eigenvalue weighted by atomic mass is 10.1. The van der Waals surface area contributed by atoms with Crippen molar-refractivity contribution in [2.45, 2.75) is 13.3 Å². The number of hydrogen-bond donors (Lipinski definition) is 1. The van der Waals surface area contributed by atoms with Crippen LogP contribution in [0.4, 0.5) is 18.9 Å². The predicted octanol–water partition coefficient (Wildman–Crippen LogP) is 3.79. The number of carbonyl (C=O) groups is 1. The number of halogens is 3. The number of fused-ring (bicyclic) bond motifs is 1. The van der Waals surface area contributed by atoms with E-state index in [-0.39, 0.29) is 5.69 Å². The zero-order valence-electron chi connectivity index (χ0n) is 15.0. The van der Waals surface area contributed by atoms with Gasteiger partial charge in [-0.2, -0.15) is 0 Å². The number of anilines is 1. The van der Waals surface area contributed by atoms with Gasteiger partial charge in [0.2, 0.25) is 0 Å². The number of benzene rings is 1. The number of rotatable bonds is 3. The molecule has 0 bridgehead atoms. The molecule has 1 N–H and O–H groups in total. The van der Waals surface area contributed by atoms with E-state index in [1.807, 2.05) is 0 Å². The molecule has 0 fully saturated rings. The highest BCUT2D eigenvalue weighted by atomic mass is 32.1. The molecule has 28 heavy (non-hydrogen) atoms. The van der Waals surface area contributed by atoms with Gasteiger partial charge in [-0.05, 0) is 42.1 Å². The fraction of sp³-hybridized carbons (Fsp3) is 0.222. The number of ether oxygens (including phenoxy) is 1. The molecule has 0 unspecified atom stereocenters. The van der Waals surface area contributed by atoms with Crippen molar-refractivity contribution in [2.75, 3.05) is 11.9 Å². The average molecular weight is 412 g/mol. The lowest BCUT2D eigenvalue weighted by Gasteiger charge is -2.19. The summed E-state index contributed by atoms with van der Waals surface area (Å²) in [5.41, 5.74) is -0.128. The molecular weight excluding hydrogens is 397 g/mol. The Morgan fingerprint density at radius 1 is 1.25 bits per heavy atom. The van der Waals surface area contributed by atoms with Gasteiger partial charge in [0.1, 0.15) is 21.9 Å². The van der Waals surface area contributed by atoms with E-state index in [0.29, 0.717) is 10.2 Å². The molecule has 148 valence electrons. The first-order valence-electron chi connectivity index (χ1n) is 7.95. The monoisotopic (exact) mass is 412 g/mol. The Labute approximate surface area is 161 Å². The van der Waals surface area contributed by atoms with Crippen molar-refractivity contribution in [3.63, 3.8) is 0 Å². The van der Waals surface area contributed by atoms with Gasteiger partial charge in [0, 0.05) is 19.8 Å². The first kappa shape index (κ1) is 19.7. The van der Waals surface area contributed by atoms with Crippen LogP contribution in [0, 0.1) is 6.92 Å². The van der Waals surface area contributed by atoms with Crippen LogP contribution >= 0.6 is 11.3 Å². The van der Waals surface area contributed by atoms with Gasteiger partial charge < -0.3 is 19.3 Å². The topological polar surface area (TPSA) is 71.8 Å². The standard InChI is InChI=1S/C18H15F3N2O4S/c1-9-8-28-17-12(9)14(24)13(16(26)23(17)3)15(25)22(2)10-4-6-11(7-5-10)27-18(19,20)21/h4-8,24H,1-3H3. The number of thiophene rings is 1. The summed E-state index contributed by atoms with van der Waals surface area (Å²) in [5, 5.41) is 12.7. The van der Waals surface area contributed by atoms with Crippen molar-refractivity contribution >= 4 is 33.1 Å². The van der Waals surface area contributed by atoms with Crippen molar-refractivity contribution in [1.82, 2.24) is 4.57 Å². The number of amides is 1. The van der Waals surface area contributed by atoms with Crippen LogP contribution < -0.4 is 15.2 Å². The van der Waals surface area contributed by atoms with Crippen molar-refractivity contribution in [3.8, 4) is 11.5 Å². The van der Waals surface area contributed by atoms with E-state index in [2.05, 4.69) is 4.74 Å². The van der Waals surface area contributed by atoms with E-state index in [0.717, 1.165) is 22.6 Å². The molecule has 3 aromatic rings. The summed E-state index contributed by atoms with van der Waals surface area (Å²) in [6, 6.07) is 4.59. The van der Waals surface area contributed by atoms with Gasteiger partial charge in [0.05, 0.1) is 5.39 Å². The molecule has 2 aromatic heterocycles. The van der Waals surface area contributed by atoms with Crippen molar-refractivity contribution in [3.05, 3.63) is 51.1 Å². The van der Waals surface area contributed by atoms with Crippen molar-refractivity contribution in [1.29, 1.82) is 0 Å². The molecule has 3 rings (SSSR count). The summed E-state index contributed by atoms with van der Waals surface area (Å²) in [6.07, 6.45) is -4.82. The zero-order valence-corrected chi connectivity index (χ0v) is 15.8. The summed E-state index contributed by atoms with van der Waals surface area (Å²) >= 11 is 1.27. The molecular formula is C18H15F3N2O4S.